The fraction of sp³-hybridized carbons (Fsp3) is 0.880. The number of hydrogen-bond acceptors (Lipinski definition) is 20. The van der Waals surface area contributed by atoms with Crippen LogP contribution < -0.4 is 10.6 Å². The molecule has 0 aliphatic carbocycles. The van der Waals surface area contributed by atoms with Crippen molar-refractivity contribution in [1.82, 2.24) is 10.6 Å². The maximum atomic E-state index is 12.4. The first-order valence-corrected chi connectivity index (χ1v) is 16.1. The van der Waals surface area contributed by atoms with Gasteiger partial charge in [-0.15, -0.1) is 0 Å². The summed E-state index contributed by atoms with van der Waals surface area (Å²) in [6, 6.07) is -3.23. The Kier molecular flexibility index (Phi) is 16.2. The Morgan fingerprint density at radius 3 is 2.06 bits per heavy atom. The van der Waals surface area contributed by atoms with Crippen LogP contribution in [0.4, 0.5) is 0 Å². The van der Waals surface area contributed by atoms with Gasteiger partial charge in [0.25, 0.3) is 5.79 Å². The molecule has 0 spiro atoms. The molecule has 0 unspecified atom stereocenters. The third-order valence-corrected chi connectivity index (χ3v) is 8.16. The molecule has 50 heavy (non-hydrogen) atoms. The minimum absolute atomic E-state index is 0.773. The molecule has 2 heterocycles. The van der Waals surface area contributed by atoms with Crippen LogP contribution in [0.25, 0.3) is 0 Å². The second-order valence-electron chi connectivity index (χ2n) is 11.6. The van der Waals surface area contributed by atoms with E-state index in [-0.39, 0.29) is 0 Å². The summed E-state index contributed by atoms with van der Waals surface area (Å²) in [5, 5.41) is 118. The van der Waals surface area contributed by atoms with Gasteiger partial charge in [-0.05, 0) is 0 Å². The number of carbonyl (C=O) groups excluding carboxylic acids is 2. The molecule has 2 fully saturated rings. The molecule has 2 amide bonds. The number of carboxylic acids is 1. The summed E-state index contributed by atoms with van der Waals surface area (Å²) in [4.78, 5) is 36.0. The highest BCUT2D eigenvalue weighted by Gasteiger charge is 2.56. The Bertz CT molecular complexity index is 1240. The van der Waals surface area contributed by atoms with Gasteiger partial charge in [0, 0.05) is 20.3 Å². The quantitative estimate of drug-likeness (QED) is 0.0577. The van der Waals surface area contributed by atoms with E-state index in [1.807, 2.05) is 0 Å². The smallest absolute Gasteiger partial charge is 0.397 e. The van der Waals surface area contributed by atoms with Crippen LogP contribution in [0.1, 0.15) is 20.3 Å². The van der Waals surface area contributed by atoms with E-state index in [2.05, 4.69) is 14.8 Å². The zero-order valence-corrected chi connectivity index (χ0v) is 27.3. The zero-order valence-electron chi connectivity index (χ0n) is 26.5. The van der Waals surface area contributed by atoms with E-state index in [1.165, 1.54) is 0 Å². The van der Waals surface area contributed by atoms with Gasteiger partial charge in [-0.3, -0.25) is 14.1 Å². The molecule has 0 aromatic rings. The zero-order chi connectivity index (χ0) is 38.3. The number of aliphatic hydroxyl groups excluding tert-OH is 10. The van der Waals surface area contributed by atoms with Gasteiger partial charge in [-0.25, -0.2) is 8.98 Å². The van der Waals surface area contributed by atoms with Gasteiger partial charge in [0.1, 0.15) is 61.0 Å². The second-order valence-corrected chi connectivity index (χ2v) is 12.7. The summed E-state index contributed by atoms with van der Waals surface area (Å²) >= 11 is 0. The first-order chi connectivity index (χ1) is 23.1. The first kappa shape index (κ1) is 43.9. The molecule has 0 aromatic carbocycles. The van der Waals surface area contributed by atoms with Crippen LogP contribution in [0.15, 0.2) is 0 Å². The number of carbonyl (C=O) groups is 3. The molecule has 25 heteroatoms. The lowest BCUT2D eigenvalue weighted by Crippen LogP contribution is -2.68. The number of hydrogen-bond donors (Lipinski definition) is 14. The third kappa shape index (κ3) is 11.4. The SMILES string of the molecule is CC(=O)N[C@H]1[C@H]([C@H](O)[C@H](O)CO)O[C@@](OC[C@@H](O)[C@H](O)[C@H](O[C@@H]2O[C@H](COS(=O)(=O)O)[C@H](O)[C@H](O)[C@H]2O)[C@H](CO)NC(C)=O)(C(=O)O)C[C@@H]1O. The molecular formula is C25H44N2O22S. The van der Waals surface area contributed by atoms with E-state index < -0.39 is 152 Å². The first-order valence-electron chi connectivity index (χ1n) is 14.8. The van der Waals surface area contributed by atoms with E-state index in [0.717, 1.165) is 13.8 Å². The molecular weight excluding hydrogens is 712 g/mol. The van der Waals surface area contributed by atoms with Crippen molar-refractivity contribution >= 4 is 28.2 Å². The van der Waals surface area contributed by atoms with Crippen molar-refractivity contribution in [2.75, 3.05) is 26.4 Å². The fourth-order valence-electron chi connectivity index (χ4n) is 5.20. The number of aliphatic hydroxyl groups is 10. The van der Waals surface area contributed by atoms with E-state index in [1.54, 1.807) is 0 Å². The van der Waals surface area contributed by atoms with Crippen molar-refractivity contribution in [1.29, 1.82) is 0 Å². The average molecular weight is 757 g/mol. The summed E-state index contributed by atoms with van der Waals surface area (Å²) in [5.74, 6) is -6.55. The van der Waals surface area contributed by atoms with Crippen molar-refractivity contribution in [3.8, 4) is 0 Å². The van der Waals surface area contributed by atoms with Gasteiger partial charge >= 0.3 is 16.4 Å². The van der Waals surface area contributed by atoms with Crippen molar-refractivity contribution < 1.29 is 107 Å². The van der Waals surface area contributed by atoms with Gasteiger partial charge in [-0.1, -0.05) is 0 Å². The third-order valence-electron chi connectivity index (χ3n) is 7.73. The minimum Gasteiger partial charge on any atom is -0.477 e. The van der Waals surface area contributed by atoms with Gasteiger partial charge < -0.3 is 85.8 Å². The van der Waals surface area contributed by atoms with Crippen molar-refractivity contribution in [2.24, 2.45) is 0 Å². The summed E-state index contributed by atoms with van der Waals surface area (Å²) in [5.41, 5.74) is 0. The van der Waals surface area contributed by atoms with Gasteiger partial charge in [0.2, 0.25) is 11.8 Å². The highest BCUT2D eigenvalue weighted by atomic mass is 32.3. The minimum atomic E-state index is -5.09. The Morgan fingerprint density at radius 2 is 1.56 bits per heavy atom. The summed E-state index contributed by atoms with van der Waals surface area (Å²) in [6.07, 6.45) is -26.0. The maximum Gasteiger partial charge on any atom is 0.397 e. The standard InChI is InChI=1S/C25H44N2O22S/c1-8(30)26-10(4-28)21(48-23-20(39)19(38)18(37)14(47-23)7-46-50(42,43)44)17(36)13(34)6-45-25(24(40)41)3-11(32)15(27-9(2)31)22(49-25)16(35)12(33)5-29/h10-23,28-29,32-39H,3-7H2,1-2H3,(H,26,30)(H,27,31)(H,40,41)(H,42,43,44)/t10-,11-,12+,13+,14+,15+,16+,17-,18-,19-,20+,21+,22+,23-,25+/m0/s1. The number of amides is 2. The van der Waals surface area contributed by atoms with Crippen LogP contribution in [-0.4, -0.2) is 205 Å². The van der Waals surface area contributed by atoms with Crippen LogP contribution in [0.5, 0.6) is 0 Å². The Balaban J connectivity index is 2.38. The summed E-state index contributed by atoms with van der Waals surface area (Å²) in [6.45, 7) is -2.52. The van der Waals surface area contributed by atoms with Crippen LogP contribution in [0, 0.1) is 0 Å². The molecule has 2 saturated heterocycles. The number of nitrogens with one attached hydrogen (secondary N) is 2. The Morgan fingerprint density at radius 1 is 0.940 bits per heavy atom. The molecule has 2 aliphatic heterocycles. The van der Waals surface area contributed by atoms with E-state index >= 15 is 0 Å². The molecule has 2 rings (SSSR count). The number of carboxylic acid groups (broad SMARTS) is 1. The molecule has 0 bridgehead atoms. The lowest BCUT2D eigenvalue weighted by atomic mass is 9.88. The highest BCUT2D eigenvalue weighted by Crippen LogP contribution is 2.34. The predicted octanol–water partition coefficient (Wildman–Crippen LogP) is -8.62. The van der Waals surface area contributed by atoms with E-state index in [0.29, 0.717) is 0 Å². The number of aliphatic carboxylic acids is 1. The molecule has 0 aromatic heterocycles. The fourth-order valence-corrected chi connectivity index (χ4v) is 5.50. The molecule has 0 radical (unpaired) electrons. The normalized spacial score (nSPS) is 34.1. The van der Waals surface area contributed by atoms with Gasteiger partial charge in [-0.2, -0.15) is 8.42 Å². The Hall–Kier alpha value is -2.28. The van der Waals surface area contributed by atoms with Crippen LogP contribution in [0.2, 0.25) is 0 Å². The van der Waals surface area contributed by atoms with Gasteiger partial charge in [0.15, 0.2) is 6.29 Å². The molecule has 292 valence electrons. The maximum absolute atomic E-state index is 12.4. The topological polar surface area (TPSA) is 398 Å². The molecule has 24 nitrogen and oxygen atoms in total. The second kappa shape index (κ2) is 18.5. The van der Waals surface area contributed by atoms with Gasteiger partial charge in [0.05, 0.1) is 44.6 Å². The molecule has 15 atom stereocenters. The van der Waals surface area contributed by atoms with Crippen molar-refractivity contribution in [3.63, 3.8) is 0 Å². The van der Waals surface area contributed by atoms with E-state index in [9.17, 15) is 79.0 Å². The van der Waals surface area contributed by atoms with Crippen LogP contribution in [-0.2, 0) is 47.9 Å². The van der Waals surface area contributed by atoms with Crippen molar-refractivity contribution in [3.05, 3.63) is 0 Å². The summed E-state index contributed by atoms with van der Waals surface area (Å²) in [7, 11) is -5.09. The number of ether oxygens (including phenoxy) is 4. The van der Waals surface area contributed by atoms with Crippen LogP contribution >= 0.6 is 0 Å². The molecule has 2 aliphatic rings. The average Bonchev–Trinajstić information content (AvgIpc) is 3.03. The molecule has 14 N–H and O–H groups in total. The largest absolute Gasteiger partial charge is 0.477 e. The van der Waals surface area contributed by atoms with E-state index in [4.69, 9.17) is 23.5 Å². The lowest BCUT2D eigenvalue weighted by Gasteiger charge is -2.47. The van der Waals surface area contributed by atoms with Crippen LogP contribution in [0.3, 0.4) is 0 Å². The Labute approximate surface area is 283 Å². The number of rotatable bonds is 18. The summed E-state index contributed by atoms with van der Waals surface area (Å²) < 4.78 is 56.4. The molecule has 0 saturated carbocycles. The van der Waals surface area contributed by atoms with Crippen molar-refractivity contribution in [2.45, 2.75) is 112 Å². The lowest BCUT2D eigenvalue weighted by molar-refractivity contribution is -0.328. The monoisotopic (exact) mass is 756 g/mol. The highest BCUT2D eigenvalue weighted by molar-refractivity contribution is 7.80. The predicted molar refractivity (Wildman–Crippen MR) is 154 cm³/mol.